The monoisotopic (exact) mass is 314 g/mol. The van der Waals surface area contributed by atoms with E-state index in [0.29, 0.717) is 0 Å². The minimum atomic E-state index is -3.64. The van der Waals surface area contributed by atoms with Gasteiger partial charge in [0.1, 0.15) is 18.3 Å². The molecule has 0 spiro atoms. The number of hydrogen-bond donors (Lipinski definition) is 7. The Morgan fingerprint density at radius 2 is 1.67 bits per heavy atom. The molecule has 124 valence electrons. The smallest absolute Gasteiger partial charge is 0.476 e. The zero-order valence-electron chi connectivity index (χ0n) is 11.0. The van der Waals surface area contributed by atoms with E-state index >= 15 is 0 Å². The molecule has 0 saturated heterocycles. The average molecular weight is 314 g/mol. The lowest BCUT2D eigenvalue weighted by Crippen LogP contribution is -2.61. The van der Waals surface area contributed by atoms with E-state index in [-0.39, 0.29) is 6.61 Å². The van der Waals surface area contributed by atoms with Gasteiger partial charge in [0.15, 0.2) is 6.10 Å². The van der Waals surface area contributed by atoms with Crippen LogP contribution in [-0.4, -0.2) is 91.3 Å². The van der Waals surface area contributed by atoms with E-state index < -0.39 is 48.9 Å². The minimum Gasteiger partial charge on any atom is -0.476 e. The molecular formula is C10H18O11. The molecule has 0 bridgehead atoms. The van der Waals surface area contributed by atoms with Crippen LogP contribution in [0.15, 0.2) is 0 Å². The highest BCUT2D eigenvalue weighted by Gasteiger charge is 2.53. The molecule has 0 saturated carbocycles. The number of carbonyl (C=O) groups excluding carboxylic acids is 1. The van der Waals surface area contributed by atoms with Crippen molar-refractivity contribution in [1.29, 1.82) is 0 Å². The summed E-state index contributed by atoms with van der Waals surface area (Å²) in [7, 11) is 0. The predicted octanol–water partition coefficient (Wildman–Crippen LogP) is -3.63. The molecule has 11 nitrogen and oxygen atoms in total. The maximum absolute atomic E-state index is 11.0. The average Bonchev–Trinajstić information content (AvgIpc) is 2.43. The maximum Gasteiger partial charge on any atom is 0.511 e. The lowest BCUT2D eigenvalue weighted by atomic mass is 9.97. The van der Waals surface area contributed by atoms with Gasteiger partial charge in [0.25, 0.3) is 0 Å². The van der Waals surface area contributed by atoms with Crippen molar-refractivity contribution >= 4 is 12.1 Å². The molecule has 0 amide bonds. The van der Waals surface area contributed by atoms with Crippen molar-refractivity contribution in [3.05, 3.63) is 0 Å². The largest absolute Gasteiger partial charge is 0.511 e. The number of aliphatic hydroxyl groups is 6. The highest BCUT2D eigenvalue weighted by Crippen LogP contribution is 2.20. The first-order valence-corrected chi connectivity index (χ1v) is 5.76. The second-order valence-corrected chi connectivity index (χ2v) is 3.96. The summed E-state index contributed by atoms with van der Waals surface area (Å²) in [5, 5.41) is 64.5. The number of rotatable bonds is 8. The zero-order valence-corrected chi connectivity index (χ0v) is 11.0. The summed E-state index contributed by atoms with van der Waals surface area (Å²) in [5.41, 5.74) is 0. The van der Waals surface area contributed by atoms with Gasteiger partial charge in [0.05, 0.1) is 13.2 Å². The number of hydrogen-bond acceptors (Lipinski definition) is 10. The van der Waals surface area contributed by atoms with Gasteiger partial charge in [-0.2, -0.15) is 0 Å². The molecule has 0 aliphatic carbocycles. The van der Waals surface area contributed by atoms with Gasteiger partial charge in [0, 0.05) is 0 Å². The third-order valence-corrected chi connectivity index (χ3v) is 2.46. The molecule has 0 aromatic rings. The van der Waals surface area contributed by atoms with Crippen molar-refractivity contribution in [2.45, 2.75) is 37.1 Å². The standard InChI is InChI=1S/C10H18O11/c1-2-20-9(18)21-10(19,8(16)17)7(15)6(14)5(13)4(12)3-11/h4-7,11-15,19H,2-3H2,1H3,(H,16,17)/t4-,5-,6+,7-,10?/m1/s1. The van der Waals surface area contributed by atoms with Crippen LogP contribution < -0.4 is 0 Å². The molecule has 1 unspecified atom stereocenters. The second-order valence-electron chi connectivity index (χ2n) is 3.96. The fourth-order valence-electron chi connectivity index (χ4n) is 1.26. The van der Waals surface area contributed by atoms with Crippen LogP contribution in [0.1, 0.15) is 6.92 Å². The Kier molecular flexibility index (Phi) is 7.49. The van der Waals surface area contributed by atoms with Crippen LogP contribution in [0.2, 0.25) is 0 Å². The number of carbonyl (C=O) groups is 2. The molecule has 0 rings (SSSR count). The number of carboxylic acids is 1. The summed E-state index contributed by atoms with van der Waals surface area (Å²) in [6.07, 6.45) is -11.0. The molecule has 0 heterocycles. The second kappa shape index (κ2) is 8.07. The first kappa shape index (κ1) is 19.5. The Morgan fingerprint density at radius 1 is 1.14 bits per heavy atom. The summed E-state index contributed by atoms with van der Waals surface area (Å²) < 4.78 is 8.23. The summed E-state index contributed by atoms with van der Waals surface area (Å²) in [6.45, 7) is 0.113. The molecule has 0 aromatic carbocycles. The van der Waals surface area contributed by atoms with Crippen LogP contribution in [0.4, 0.5) is 4.79 Å². The van der Waals surface area contributed by atoms with E-state index in [4.69, 9.17) is 15.3 Å². The Morgan fingerprint density at radius 3 is 2.05 bits per heavy atom. The molecule has 7 N–H and O–H groups in total. The normalized spacial score (nSPS) is 19.8. The SMILES string of the molecule is CCOC(=O)OC(O)(C(=O)O)[C@H](O)[C@@H](O)[C@H](O)[C@H](O)CO. The molecule has 21 heavy (non-hydrogen) atoms. The highest BCUT2D eigenvalue weighted by molar-refractivity contribution is 5.79. The highest BCUT2D eigenvalue weighted by atomic mass is 16.8. The Labute approximate surface area is 118 Å². The van der Waals surface area contributed by atoms with Crippen LogP contribution in [0.3, 0.4) is 0 Å². The van der Waals surface area contributed by atoms with Crippen molar-refractivity contribution in [3.8, 4) is 0 Å². The van der Waals surface area contributed by atoms with Gasteiger partial charge in [-0.05, 0) is 6.92 Å². The Bertz CT molecular complexity index is 359. The number of carboxylic acid groups (broad SMARTS) is 1. The van der Waals surface area contributed by atoms with Crippen LogP contribution in [0.5, 0.6) is 0 Å². The van der Waals surface area contributed by atoms with Crippen molar-refractivity contribution in [1.82, 2.24) is 0 Å². The summed E-state index contributed by atoms with van der Waals surface area (Å²) in [6, 6.07) is 0. The number of ether oxygens (including phenoxy) is 2. The van der Waals surface area contributed by atoms with E-state index in [1.54, 1.807) is 0 Å². The molecule has 0 fully saturated rings. The van der Waals surface area contributed by atoms with Crippen molar-refractivity contribution < 1.29 is 54.8 Å². The predicted molar refractivity (Wildman–Crippen MR) is 61.8 cm³/mol. The van der Waals surface area contributed by atoms with Gasteiger partial charge in [-0.15, -0.1) is 0 Å². The molecule has 0 aliphatic rings. The van der Waals surface area contributed by atoms with Gasteiger partial charge in [0.2, 0.25) is 0 Å². The first-order valence-electron chi connectivity index (χ1n) is 5.76. The van der Waals surface area contributed by atoms with E-state index in [2.05, 4.69) is 9.47 Å². The van der Waals surface area contributed by atoms with E-state index in [9.17, 15) is 30.0 Å². The van der Waals surface area contributed by atoms with E-state index in [1.807, 2.05) is 0 Å². The van der Waals surface area contributed by atoms with Gasteiger partial charge >= 0.3 is 17.9 Å². The molecule has 0 aromatic heterocycles. The quantitative estimate of drug-likeness (QED) is 0.172. The van der Waals surface area contributed by atoms with Crippen LogP contribution in [0.25, 0.3) is 0 Å². The van der Waals surface area contributed by atoms with Crippen molar-refractivity contribution in [2.75, 3.05) is 13.2 Å². The first-order chi connectivity index (χ1) is 9.61. The fraction of sp³-hybridized carbons (Fsp3) is 0.800. The van der Waals surface area contributed by atoms with Gasteiger partial charge in [-0.3, -0.25) is 0 Å². The fourth-order valence-corrected chi connectivity index (χ4v) is 1.26. The number of aliphatic hydroxyl groups excluding tert-OH is 5. The minimum absolute atomic E-state index is 0.223. The molecule has 5 atom stereocenters. The lowest BCUT2D eigenvalue weighted by Gasteiger charge is -2.33. The molecule has 11 heteroatoms. The third-order valence-electron chi connectivity index (χ3n) is 2.46. The van der Waals surface area contributed by atoms with E-state index in [1.165, 1.54) is 6.92 Å². The summed E-state index contributed by atoms with van der Waals surface area (Å²) >= 11 is 0. The van der Waals surface area contributed by atoms with Crippen LogP contribution in [-0.2, 0) is 14.3 Å². The zero-order chi connectivity index (χ0) is 16.8. The maximum atomic E-state index is 11.0. The Hall–Kier alpha value is -1.50. The van der Waals surface area contributed by atoms with Gasteiger partial charge in [-0.25, -0.2) is 9.59 Å². The topological polar surface area (TPSA) is 194 Å². The summed E-state index contributed by atoms with van der Waals surface area (Å²) in [5.74, 6) is -5.89. The van der Waals surface area contributed by atoms with Crippen LogP contribution >= 0.6 is 0 Å². The van der Waals surface area contributed by atoms with Crippen LogP contribution in [0, 0.1) is 0 Å². The molecule has 0 aliphatic heterocycles. The van der Waals surface area contributed by atoms with Gasteiger partial charge in [-0.1, -0.05) is 0 Å². The summed E-state index contributed by atoms with van der Waals surface area (Å²) in [4.78, 5) is 22.0. The van der Waals surface area contributed by atoms with Gasteiger partial charge < -0.3 is 45.2 Å². The lowest BCUT2D eigenvalue weighted by molar-refractivity contribution is -0.265. The molecular weight excluding hydrogens is 296 g/mol. The third kappa shape index (κ3) is 4.77. The molecule has 0 radical (unpaired) electrons. The van der Waals surface area contributed by atoms with Crippen molar-refractivity contribution in [3.63, 3.8) is 0 Å². The number of aliphatic carboxylic acids is 1. The Balaban J connectivity index is 5.18. The van der Waals surface area contributed by atoms with E-state index in [0.717, 1.165) is 0 Å². The van der Waals surface area contributed by atoms with Crippen molar-refractivity contribution in [2.24, 2.45) is 0 Å².